The van der Waals surface area contributed by atoms with Crippen molar-refractivity contribution in [2.75, 3.05) is 32.8 Å². The molecule has 1 N–H and O–H groups in total. The molecule has 0 aromatic carbocycles. The van der Waals surface area contributed by atoms with Crippen molar-refractivity contribution in [3.05, 3.63) is 0 Å². The molecule has 0 radical (unpaired) electrons. The second-order valence-corrected chi connectivity index (χ2v) is 7.77. The molecule has 4 nitrogen and oxygen atoms in total. The highest BCUT2D eigenvalue weighted by Gasteiger charge is 2.44. The van der Waals surface area contributed by atoms with Crippen LogP contribution in [0.3, 0.4) is 0 Å². The SMILES string of the molecule is O=C(NCC[C@H]1CCCOC1)C1(N2CCCCC2)CCCCC1. The Bertz CT molecular complexity index is 368. The summed E-state index contributed by atoms with van der Waals surface area (Å²) in [4.78, 5) is 15.6. The molecule has 0 aromatic rings. The van der Waals surface area contributed by atoms with Gasteiger partial charge in [0.15, 0.2) is 0 Å². The van der Waals surface area contributed by atoms with Crippen molar-refractivity contribution in [3.63, 3.8) is 0 Å². The van der Waals surface area contributed by atoms with Gasteiger partial charge in [0.2, 0.25) is 5.91 Å². The summed E-state index contributed by atoms with van der Waals surface area (Å²) in [6, 6.07) is 0. The van der Waals surface area contributed by atoms with Crippen LogP contribution in [0.25, 0.3) is 0 Å². The fourth-order valence-corrected chi connectivity index (χ4v) is 4.73. The zero-order chi connectivity index (χ0) is 16.0. The quantitative estimate of drug-likeness (QED) is 0.845. The fourth-order valence-electron chi connectivity index (χ4n) is 4.73. The van der Waals surface area contributed by atoms with Crippen LogP contribution < -0.4 is 5.32 Å². The lowest BCUT2D eigenvalue weighted by molar-refractivity contribution is -0.137. The van der Waals surface area contributed by atoms with Crippen molar-refractivity contribution >= 4 is 5.91 Å². The van der Waals surface area contributed by atoms with Crippen LogP contribution in [-0.4, -0.2) is 49.2 Å². The number of likely N-dealkylation sites (tertiary alicyclic amines) is 1. The van der Waals surface area contributed by atoms with Crippen LogP contribution in [-0.2, 0) is 9.53 Å². The van der Waals surface area contributed by atoms with Gasteiger partial charge in [-0.15, -0.1) is 0 Å². The summed E-state index contributed by atoms with van der Waals surface area (Å²) < 4.78 is 5.55. The number of nitrogens with zero attached hydrogens (tertiary/aromatic N) is 1. The van der Waals surface area contributed by atoms with Crippen LogP contribution >= 0.6 is 0 Å². The maximum Gasteiger partial charge on any atom is 0.240 e. The van der Waals surface area contributed by atoms with Gasteiger partial charge in [-0.1, -0.05) is 25.7 Å². The van der Waals surface area contributed by atoms with E-state index in [-0.39, 0.29) is 5.54 Å². The Morgan fingerprint density at radius 2 is 1.78 bits per heavy atom. The minimum Gasteiger partial charge on any atom is -0.381 e. The number of rotatable bonds is 5. The molecule has 0 aromatic heterocycles. The van der Waals surface area contributed by atoms with E-state index in [1.807, 2.05) is 0 Å². The lowest BCUT2D eigenvalue weighted by Crippen LogP contribution is -2.61. The summed E-state index contributed by atoms with van der Waals surface area (Å²) in [7, 11) is 0. The number of hydrogen-bond donors (Lipinski definition) is 1. The highest BCUT2D eigenvalue weighted by atomic mass is 16.5. The molecular weight excluding hydrogens is 288 g/mol. The van der Waals surface area contributed by atoms with E-state index in [0.717, 1.165) is 52.1 Å². The van der Waals surface area contributed by atoms with E-state index in [9.17, 15) is 4.79 Å². The van der Waals surface area contributed by atoms with Gasteiger partial charge in [0.1, 0.15) is 5.54 Å². The van der Waals surface area contributed by atoms with E-state index in [1.54, 1.807) is 0 Å². The van der Waals surface area contributed by atoms with Crippen LogP contribution in [0.2, 0.25) is 0 Å². The number of amides is 1. The first kappa shape index (κ1) is 17.2. The molecule has 1 amide bonds. The molecule has 0 unspecified atom stereocenters. The summed E-state index contributed by atoms with van der Waals surface area (Å²) in [5.74, 6) is 0.956. The van der Waals surface area contributed by atoms with Crippen molar-refractivity contribution in [1.82, 2.24) is 10.2 Å². The maximum absolute atomic E-state index is 13.1. The molecule has 2 aliphatic heterocycles. The predicted molar refractivity (Wildman–Crippen MR) is 92.4 cm³/mol. The Labute approximate surface area is 141 Å². The molecule has 4 heteroatoms. The Kier molecular flexibility index (Phi) is 6.35. The first-order valence-electron chi connectivity index (χ1n) is 9.92. The summed E-state index contributed by atoms with van der Waals surface area (Å²) in [5.41, 5.74) is -0.193. The standard InChI is InChI=1S/C19H34N2O2/c22-18(20-12-9-17-8-7-15-23-16-17)19(10-3-1-4-11-19)21-13-5-2-6-14-21/h17H,1-16H2,(H,20,22)/t17-/m1/s1. The summed E-state index contributed by atoms with van der Waals surface area (Å²) >= 11 is 0. The zero-order valence-corrected chi connectivity index (χ0v) is 14.7. The first-order valence-corrected chi connectivity index (χ1v) is 9.92. The van der Waals surface area contributed by atoms with E-state index < -0.39 is 0 Å². The molecule has 1 atom stereocenters. The average molecular weight is 322 g/mol. The van der Waals surface area contributed by atoms with Gasteiger partial charge in [0.05, 0.1) is 0 Å². The van der Waals surface area contributed by atoms with Crippen LogP contribution in [0.4, 0.5) is 0 Å². The van der Waals surface area contributed by atoms with Gasteiger partial charge in [-0.3, -0.25) is 9.69 Å². The highest BCUT2D eigenvalue weighted by molar-refractivity contribution is 5.86. The normalized spacial score (nSPS) is 29.1. The Morgan fingerprint density at radius 3 is 2.48 bits per heavy atom. The van der Waals surface area contributed by atoms with Crippen molar-refractivity contribution in [2.24, 2.45) is 5.92 Å². The highest BCUT2D eigenvalue weighted by Crippen LogP contribution is 2.35. The van der Waals surface area contributed by atoms with Crippen LogP contribution in [0.5, 0.6) is 0 Å². The third-order valence-corrected chi connectivity index (χ3v) is 6.16. The molecule has 0 bridgehead atoms. The molecule has 3 rings (SSSR count). The van der Waals surface area contributed by atoms with Gasteiger partial charge in [-0.2, -0.15) is 0 Å². The number of piperidine rings is 1. The molecule has 23 heavy (non-hydrogen) atoms. The lowest BCUT2D eigenvalue weighted by Gasteiger charge is -2.46. The lowest BCUT2D eigenvalue weighted by atomic mass is 9.78. The number of hydrogen-bond acceptors (Lipinski definition) is 3. The Morgan fingerprint density at radius 1 is 1.04 bits per heavy atom. The number of carbonyl (C=O) groups excluding carboxylic acids is 1. The molecule has 0 spiro atoms. The third kappa shape index (κ3) is 4.27. The van der Waals surface area contributed by atoms with Crippen LogP contribution in [0.1, 0.15) is 70.6 Å². The molecule has 2 saturated heterocycles. The van der Waals surface area contributed by atoms with Crippen LogP contribution in [0.15, 0.2) is 0 Å². The van der Waals surface area contributed by atoms with Gasteiger partial charge in [0.25, 0.3) is 0 Å². The van der Waals surface area contributed by atoms with Gasteiger partial charge in [-0.05, 0) is 64.0 Å². The smallest absolute Gasteiger partial charge is 0.240 e. The molecule has 3 aliphatic rings. The molecule has 2 heterocycles. The van der Waals surface area contributed by atoms with Gasteiger partial charge in [-0.25, -0.2) is 0 Å². The van der Waals surface area contributed by atoms with Crippen LogP contribution in [0, 0.1) is 5.92 Å². The number of nitrogens with one attached hydrogen (secondary N) is 1. The second kappa shape index (κ2) is 8.48. The zero-order valence-electron chi connectivity index (χ0n) is 14.7. The van der Waals surface area contributed by atoms with Crippen molar-refractivity contribution in [1.29, 1.82) is 0 Å². The minimum atomic E-state index is -0.193. The third-order valence-electron chi connectivity index (χ3n) is 6.16. The van der Waals surface area contributed by atoms with E-state index >= 15 is 0 Å². The molecule has 3 fully saturated rings. The van der Waals surface area contributed by atoms with E-state index in [2.05, 4.69) is 10.2 Å². The van der Waals surface area contributed by atoms with Crippen molar-refractivity contribution < 1.29 is 9.53 Å². The number of carbonyl (C=O) groups is 1. The average Bonchev–Trinajstić information content (AvgIpc) is 2.64. The largest absolute Gasteiger partial charge is 0.381 e. The summed E-state index contributed by atoms with van der Waals surface area (Å²) in [5, 5.41) is 3.30. The summed E-state index contributed by atoms with van der Waals surface area (Å²) in [6.07, 6.45) is 13.2. The molecular formula is C19H34N2O2. The maximum atomic E-state index is 13.1. The Hall–Kier alpha value is -0.610. The van der Waals surface area contributed by atoms with E-state index in [1.165, 1.54) is 51.4 Å². The van der Waals surface area contributed by atoms with Crippen molar-refractivity contribution in [2.45, 2.75) is 76.2 Å². The molecule has 1 aliphatic carbocycles. The summed E-state index contributed by atoms with van der Waals surface area (Å²) in [6.45, 7) is 4.85. The monoisotopic (exact) mass is 322 g/mol. The number of ether oxygens (including phenoxy) is 1. The topological polar surface area (TPSA) is 41.6 Å². The van der Waals surface area contributed by atoms with E-state index in [4.69, 9.17) is 4.74 Å². The van der Waals surface area contributed by atoms with Gasteiger partial charge >= 0.3 is 0 Å². The van der Waals surface area contributed by atoms with Crippen molar-refractivity contribution in [3.8, 4) is 0 Å². The first-order chi connectivity index (χ1) is 11.3. The fraction of sp³-hybridized carbons (Fsp3) is 0.947. The second-order valence-electron chi connectivity index (χ2n) is 7.77. The molecule has 1 saturated carbocycles. The predicted octanol–water partition coefficient (Wildman–Crippen LogP) is 3.11. The van der Waals surface area contributed by atoms with Gasteiger partial charge in [0, 0.05) is 19.8 Å². The Balaban J connectivity index is 1.54. The minimum absolute atomic E-state index is 0.193. The van der Waals surface area contributed by atoms with E-state index in [0.29, 0.717) is 11.8 Å². The van der Waals surface area contributed by atoms with Gasteiger partial charge < -0.3 is 10.1 Å². The molecule has 132 valence electrons.